The molecule has 0 aromatic carbocycles. The highest BCUT2D eigenvalue weighted by atomic mass is 16.5. The highest BCUT2D eigenvalue weighted by Gasteiger charge is 2.30. The molecule has 7 heteroatoms. The van der Waals surface area contributed by atoms with Crippen LogP contribution < -0.4 is 10.6 Å². The van der Waals surface area contributed by atoms with Gasteiger partial charge in [0.15, 0.2) is 0 Å². The lowest BCUT2D eigenvalue weighted by Gasteiger charge is -2.17. The summed E-state index contributed by atoms with van der Waals surface area (Å²) >= 11 is 0. The van der Waals surface area contributed by atoms with Crippen LogP contribution >= 0.6 is 0 Å². The lowest BCUT2D eigenvalue weighted by atomic mass is 10.1. The number of amides is 2. The van der Waals surface area contributed by atoms with E-state index in [2.05, 4.69) is 10.6 Å². The van der Waals surface area contributed by atoms with Crippen molar-refractivity contribution in [3.8, 4) is 0 Å². The Morgan fingerprint density at radius 2 is 2.33 bits per heavy atom. The van der Waals surface area contributed by atoms with Crippen molar-refractivity contribution in [1.29, 1.82) is 0 Å². The number of nitrogens with one attached hydrogen (secondary N) is 2. The van der Waals surface area contributed by atoms with Crippen molar-refractivity contribution in [2.24, 2.45) is 0 Å². The zero-order valence-electron chi connectivity index (χ0n) is 10.3. The van der Waals surface area contributed by atoms with Crippen molar-refractivity contribution < 1.29 is 24.2 Å². The van der Waals surface area contributed by atoms with E-state index in [1.807, 2.05) is 0 Å². The molecule has 0 radical (unpaired) electrons. The maximum atomic E-state index is 11.7. The number of carbonyl (C=O) groups is 3. The zero-order chi connectivity index (χ0) is 13.5. The molecule has 0 saturated carbocycles. The molecule has 0 aliphatic carbocycles. The number of hydrogen-bond acceptors (Lipinski definition) is 4. The van der Waals surface area contributed by atoms with Crippen molar-refractivity contribution in [3.05, 3.63) is 0 Å². The Balaban J connectivity index is 2.42. The monoisotopic (exact) mass is 258 g/mol. The largest absolute Gasteiger partial charge is 0.480 e. The third-order valence-electron chi connectivity index (χ3n) is 2.77. The van der Waals surface area contributed by atoms with E-state index in [-0.39, 0.29) is 5.91 Å². The highest BCUT2D eigenvalue weighted by molar-refractivity contribution is 5.92. The summed E-state index contributed by atoms with van der Waals surface area (Å²) < 4.78 is 4.83. The standard InChI is InChI=1S/C11H18N2O5/c1-18-6-2-3-8(11(16)17)13-10(15)7-4-5-9(14)12-7/h7-8H,2-6H2,1H3,(H,12,14)(H,13,15)(H,16,17)/t7-,8?/m0/s1. The number of carboxylic acids is 1. The van der Waals surface area contributed by atoms with E-state index in [0.29, 0.717) is 32.3 Å². The van der Waals surface area contributed by atoms with E-state index in [4.69, 9.17) is 9.84 Å². The molecule has 1 rings (SSSR count). The van der Waals surface area contributed by atoms with E-state index in [0.717, 1.165) is 0 Å². The first-order valence-electron chi connectivity index (χ1n) is 5.86. The fourth-order valence-corrected chi connectivity index (χ4v) is 1.77. The molecular formula is C11H18N2O5. The van der Waals surface area contributed by atoms with Gasteiger partial charge in [-0.3, -0.25) is 9.59 Å². The van der Waals surface area contributed by atoms with E-state index in [1.54, 1.807) is 0 Å². The van der Waals surface area contributed by atoms with Crippen LogP contribution in [0.25, 0.3) is 0 Å². The normalized spacial score (nSPS) is 20.3. The molecule has 18 heavy (non-hydrogen) atoms. The average Bonchev–Trinajstić information content (AvgIpc) is 2.74. The molecule has 1 unspecified atom stereocenters. The molecule has 0 aromatic heterocycles. The third kappa shape index (κ3) is 4.33. The molecule has 1 aliphatic heterocycles. The Morgan fingerprint density at radius 1 is 1.61 bits per heavy atom. The van der Waals surface area contributed by atoms with Crippen LogP contribution in [0.15, 0.2) is 0 Å². The summed E-state index contributed by atoms with van der Waals surface area (Å²) in [7, 11) is 1.53. The molecule has 0 aromatic rings. The molecule has 1 heterocycles. The smallest absolute Gasteiger partial charge is 0.326 e. The summed E-state index contributed by atoms with van der Waals surface area (Å²) in [4.78, 5) is 33.6. The Kier molecular flexibility index (Phi) is 5.57. The fourth-order valence-electron chi connectivity index (χ4n) is 1.77. The number of carboxylic acid groups (broad SMARTS) is 1. The van der Waals surface area contributed by atoms with E-state index < -0.39 is 24.0 Å². The van der Waals surface area contributed by atoms with Crippen molar-refractivity contribution in [2.75, 3.05) is 13.7 Å². The van der Waals surface area contributed by atoms with Crippen LogP contribution in [0.1, 0.15) is 25.7 Å². The number of carbonyl (C=O) groups excluding carboxylic acids is 2. The van der Waals surface area contributed by atoms with E-state index >= 15 is 0 Å². The van der Waals surface area contributed by atoms with Gasteiger partial charge in [-0.05, 0) is 19.3 Å². The Bertz CT molecular complexity index is 331. The molecule has 0 spiro atoms. The minimum absolute atomic E-state index is 0.179. The van der Waals surface area contributed by atoms with Gasteiger partial charge in [0, 0.05) is 20.1 Å². The number of ether oxygens (including phenoxy) is 1. The van der Waals surface area contributed by atoms with Crippen molar-refractivity contribution in [2.45, 2.75) is 37.8 Å². The Morgan fingerprint density at radius 3 is 2.83 bits per heavy atom. The van der Waals surface area contributed by atoms with Crippen LogP contribution in [0.5, 0.6) is 0 Å². The Labute approximate surface area is 105 Å². The van der Waals surface area contributed by atoms with Crippen molar-refractivity contribution in [1.82, 2.24) is 10.6 Å². The third-order valence-corrected chi connectivity index (χ3v) is 2.77. The van der Waals surface area contributed by atoms with Crippen molar-refractivity contribution in [3.63, 3.8) is 0 Å². The zero-order valence-corrected chi connectivity index (χ0v) is 10.3. The summed E-state index contributed by atoms with van der Waals surface area (Å²) in [6.07, 6.45) is 1.56. The van der Waals surface area contributed by atoms with Gasteiger partial charge in [-0.25, -0.2) is 4.79 Å². The molecule has 102 valence electrons. The molecule has 7 nitrogen and oxygen atoms in total. The first-order chi connectivity index (χ1) is 8.54. The van der Waals surface area contributed by atoms with Gasteiger partial charge in [0.05, 0.1) is 0 Å². The summed E-state index contributed by atoms with van der Waals surface area (Å²) in [6, 6.07) is -1.55. The first-order valence-corrected chi connectivity index (χ1v) is 5.86. The minimum Gasteiger partial charge on any atom is -0.480 e. The maximum Gasteiger partial charge on any atom is 0.326 e. The van der Waals surface area contributed by atoms with Crippen LogP contribution in [-0.4, -0.2) is 48.7 Å². The summed E-state index contributed by atoms with van der Waals surface area (Å²) in [6.45, 7) is 0.444. The topological polar surface area (TPSA) is 105 Å². The molecule has 1 saturated heterocycles. The lowest BCUT2D eigenvalue weighted by Crippen LogP contribution is -2.48. The second-order valence-electron chi connectivity index (χ2n) is 4.19. The second kappa shape index (κ2) is 6.95. The van der Waals surface area contributed by atoms with Gasteiger partial charge in [0.2, 0.25) is 11.8 Å². The summed E-state index contributed by atoms with van der Waals surface area (Å²) in [5.41, 5.74) is 0. The predicted molar refractivity (Wildman–Crippen MR) is 61.8 cm³/mol. The fraction of sp³-hybridized carbons (Fsp3) is 0.727. The number of rotatable bonds is 7. The van der Waals surface area contributed by atoms with Crippen LogP contribution in [0, 0.1) is 0 Å². The summed E-state index contributed by atoms with van der Waals surface area (Å²) in [5.74, 6) is -1.70. The number of aliphatic carboxylic acids is 1. The predicted octanol–water partition coefficient (Wildman–Crippen LogP) is -0.739. The van der Waals surface area contributed by atoms with Crippen LogP contribution in [0.2, 0.25) is 0 Å². The quantitative estimate of drug-likeness (QED) is 0.522. The van der Waals surface area contributed by atoms with Crippen molar-refractivity contribution >= 4 is 17.8 Å². The number of hydrogen-bond donors (Lipinski definition) is 3. The molecule has 2 atom stereocenters. The van der Waals surface area contributed by atoms with Gasteiger partial charge < -0.3 is 20.5 Å². The van der Waals surface area contributed by atoms with E-state index in [9.17, 15) is 14.4 Å². The molecule has 3 N–H and O–H groups in total. The lowest BCUT2D eigenvalue weighted by molar-refractivity contribution is -0.142. The van der Waals surface area contributed by atoms with Gasteiger partial charge in [0.1, 0.15) is 12.1 Å². The SMILES string of the molecule is COCCCC(NC(=O)[C@@H]1CCC(=O)N1)C(=O)O. The minimum atomic E-state index is -1.08. The van der Waals surface area contributed by atoms with Crippen LogP contribution in [-0.2, 0) is 19.1 Å². The van der Waals surface area contributed by atoms with Gasteiger partial charge in [-0.1, -0.05) is 0 Å². The average molecular weight is 258 g/mol. The molecule has 1 aliphatic rings. The van der Waals surface area contributed by atoms with Gasteiger partial charge in [0.25, 0.3) is 0 Å². The Hall–Kier alpha value is -1.63. The van der Waals surface area contributed by atoms with Gasteiger partial charge >= 0.3 is 5.97 Å². The summed E-state index contributed by atoms with van der Waals surface area (Å²) in [5, 5.41) is 13.9. The maximum absolute atomic E-state index is 11.7. The highest BCUT2D eigenvalue weighted by Crippen LogP contribution is 2.07. The first kappa shape index (κ1) is 14.4. The second-order valence-corrected chi connectivity index (χ2v) is 4.19. The van der Waals surface area contributed by atoms with E-state index in [1.165, 1.54) is 7.11 Å². The molecular weight excluding hydrogens is 240 g/mol. The van der Waals surface area contributed by atoms with Crippen LogP contribution in [0.4, 0.5) is 0 Å². The van der Waals surface area contributed by atoms with Gasteiger partial charge in [-0.2, -0.15) is 0 Å². The van der Waals surface area contributed by atoms with Crippen LogP contribution in [0.3, 0.4) is 0 Å². The molecule has 2 amide bonds. The number of methoxy groups -OCH3 is 1. The molecule has 1 fully saturated rings. The van der Waals surface area contributed by atoms with Gasteiger partial charge in [-0.15, -0.1) is 0 Å². The molecule has 0 bridgehead atoms.